The Morgan fingerprint density at radius 1 is 0.872 bits per heavy atom. The van der Waals surface area contributed by atoms with Gasteiger partial charge in [0.05, 0.1) is 5.56 Å². The quantitative estimate of drug-likeness (QED) is 0.361. The SMILES string of the molecule is Cc1cccc(CN2CCN(c3ccc(NC(=O)C4=C(c5ccc(C(F)(F)F)cc5)CCCC4)cc3)CC2)c1. The van der Waals surface area contributed by atoms with Gasteiger partial charge in [0.25, 0.3) is 5.91 Å². The van der Waals surface area contributed by atoms with Crippen molar-refractivity contribution < 1.29 is 18.0 Å². The number of allylic oxidation sites excluding steroid dienone is 1. The lowest BCUT2D eigenvalue weighted by Crippen LogP contribution is -2.45. The van der Waals surface area contributed by atoms with Crippen LogP contribution in [0.5, 0.6) is 0 Å². The first-order valence-corrected chi connectivity index (χ1v) is 13.6. The second-order valence-corrected chi connectivity index (χ2v) is 10.5. The number of aryl methyl sites for hydroxylation is 1. The summed E-state index contributed by atoms with van der Waals surface area (Å²) in [7, 11) is 0. The summed E-state index contributed by atoms with van der Waals surface area (Å²) in [5, 5.41) is 3.01. The average Bonchev–Trinajstić information content (AvgIpc) is 2.94. The Labute approximate surface area is 228 Å². The van der Waals surface area contributed by atoms with E-state index in [-0.39, 0.29) is 5.91 Å². The number of carbonyl (C=O) groups is 1. The maximum Gasteiger partial charge on any atom is 0.416 e. The van der Waals surface area contributed by atoms with Crippen molar-refractivity contribution in [2.24, 2.45) is 0 Å². The summed E-state index contributed by atoms with van der Waals surface area (Å²) in [4.78, 5) is 18.1. The number of nitrogens with zero attached hydrogens (tertiary/aromatic N) is 2. The van der Waals surface area contributed by atoms with Crippen molar-refractivity contribution in [2.75, 3.05) is 36.4 Å². The molecule has 0 unspecified atom stereocenters. The first-order chi connectivity index (χ1) is 18.8. The lowest BCUT2D eigenvalue weighted by molar-refractivity contribution is -0.137. The fourth-order valence-corrected chi connectivity index (χ4v) is 5.53. The van der Waals surface area contributed by atoms with Gasteiger partial charge < -0.3 is 10.2 Å². The van der Waals surface area contributed by atoms with Crippen LogP contribution in [0.25, 0.3) is 5.57 Å². The van der Waals surface area contributed by atoms with E-state index in [1.165, 1.54) is 23.3 Å². The summed E-state index contributed by atoms with van der Waals surface area (Å²) in [5.74, 6) is -0.179. The average molecular weight is 534 g/mol. The van der Waals surface area contributed by atoms with Gasteiger partial charge in [0.15, 0.2) is 0 Å². The van der Waals surface area contributed by atoms with E-state index in [0.29, 0.717) is 29.7 Å². The largest absolute Gasteiger partial charge is 0.416 e. The number of rotatable bonds is 6. The summed E-state index contributed by atoms with van der Waals surface area (Å²) < 4.78 is 39.0. The Morgan fingerprint density at radius 3 is 2.23 bits per heavy atom. The summed E-state index contributed by atoms with van der Waals surface area (Å²) in [5.41, 5.74) is 5.98. The molecule has 3 aromatic carbocycles. The normalized spacial score (nSPS) is 16.9. The molecule has 7 heteroatoms. The Bertz CT molecular complexity index is 1320. The number of amides is 1. The lowest BCUT2D eigenvalue weighted by Gasteiger charge is -2.36. The topological polar surface area (TPSA) is 35.6 Å². The van der Waals surface area contributed by atoms with Crippen LogP contribution in [0, 0.1) is 6.92 Å². The van der Waals surface area contributed by atoms with Gasteiger partial charge in [-0.1, -0.05) is 42.0 Å². The number of hydrogen-bond donors (Lipinski definition) is 1. The minimum atomic E-state index is -4.37. The van der Waals surface area contributed by atoms with E-state index in [2.05, 4.69) is 46.3 Å². The molecule has 4 nitrogen and oxygen atoms in total. The van der Waals surface area contributed by atoms with Crippen LogP contribution in [0.15, 0.2) is 78.4 Å². The van der Waals surface area contributed by atoms with Crippen LogP contribution in [0.4, 0.5) is 24.5 Å². The second kappa shape index (κ2) is 11.7. The number of anilines is 2. The molecule has 0 radical (unpaired) electrons. The highest BCUT2D eigenvalue weighted by Gasteiger charge is 2.30. The fourth-order valence-electron chi connectivity index (χ4n) is 5.53. The van der Waals surface area contributed by atoms with E-state index >= 15 is 0 Å². The Morgan fingerprint density at radius 2 is 1.56 bits per heavy atom. The van der Waals surface area contributed by atoms with Crippen molar-refractivity contribution in [1.29, 1.82) is 0 Å². The van der Waals surface area contributed by atoms with Gasteiger partial charge in [-0.3, -0.25) is 9.69 Å². The predicted molar refractivity (Wildman–Crippen MR) is 151 cm³/mol. The third kappa shape index (κ3) is 6.71. The summed E-state index contributed by atoms with van der Waals surface area (Å²) in [6.07, 6.45) is -1.27. The van der Waals surface area contributed by atoms with Gasteiger partial charge in [0.1, 0.15) is 0 Å². The standard InChI is InChI=1S/C32H34F3N3O/c1-23-5-4-6-24(21-23)22-37-17-19-38(20-18-37)28-15-13-27(14-16-28)36-31(39)30-8-3-2-7-29(30)25-9-11-26(12-10-25)32(33,34)35/h4-6,9-16,21H,2-3,7-8,17-20,22H2,1H3,(H,36,39). The molecule has 0 saturated carbocycles. The van der Waals surface area contributed by atoms with Gasteiger partial charge >= 0.3 is 6.18 Å². The van der Waals surface area contributed by atoms with Crippen molar-refractivity contribution in [3.8, 4) is 0 Å². The zero-order valence-electron chi connectivity index (χ0n) is 22.2. The minimum Gasteiger partial charge on any atom is -0.369 e. The van der Waals surface area contributed by atoms with Crippen LogP contribution < -0.4 is 10.2 Å². The lowest BCUT2D eigenvalue weighted by atomic mass is 9.86. The molecule has 1 N–H and O–H groups in total. The molecule has 204 valence electrons. The third-order valence-corrected chi connectivity index (χ3v) is 7.65. The molecule has 0 atom stereocenters. The van der Waals surface area contributed by atoms with Crippen molar-refractivity contribution >= 4 is 22.9 Å². The highest BCUT2D eigenvalue weighted by atomic mass is 19.4. The van der Waals surface area contributed by atoms with E-state index in [4.69, 9.17) is 0 Å². The Balaban J connectivity index is 1.20. The van der Waals surface area contributed by atoms with Gasteiger partial charge in [-0.2, -0.15) is 13.2 Å². The minimum absolute atomic E-state index is 0.179. The molecule has 1 aliphatic heterocycles. The van der Waals surface area contributed by atoms with Gasteiger partial charge in [0, 0.05) is 49.7 Å². The molecule has 5 rings (SSSR count). The van der Waals surface area contributed by atoms with E-state index in [1.807, 2.05) is 24.3 Å². The second-order valence-electron chi connectivity index (χ2n) is 10.5. The van der Waals surface area contributed by atoms with Gasteiger partial charge in [-0.25, -0.2) is 0 Å². The van der Waals surface area contributed by atoms with Gasteiger partial charge in [-0.15, -0.1) is 0 Å². The molecule has 0 spiro atoms. The Hall–Kier alpha value is -3.58. The molecule has 1 amide bonds. The van der Waals surface area contributed by atoms with Crippen molar-refractivity contribution in [3.63, 3.8) is 0 Å². The zero-order chi connectivity index (χ0) is 27.4. The summed E-state index contributed by atoms with van der Waals surface area (Å²) in [6, 6.07) is 21.7. The molecule has 0 aromatic heterocycles. The monoisotopic (exact) mass is 533 g/mol. The number of hydrogen-bond acceptors (Lipinski definition) is 3. The van der Waals surface area contributed by atoms with E-state index in [0.717, 1.165) is 69.0 Å². The number of nitrogens with one attached hydrogen (secondary N) is 1. The van der Waals surface area contributed by atoms with Crippen LogP contribution in [0.1, 0.15) is 47.9 Å². The summed E-state index contributed by atoms with van der Waals surface area (Å²) >= 11 is 0. The first kappa shape index (κ1) is 27.0. The number of alkyl halides is 3. The van der Waals surface area contributed by atoms with Crippen LogP contribution in [0.3, 0.4) is 0 Å². The maximum absolute atomic E-state index is 13.2. The van der Waals surface area contributed by atoms with Crippen LogP contribution in [0.2, 0.25) is 0 Å². The molecule has 1 saturated heterocycles. The molecule has 1 aliphatic carbocycles. The molecule has 0 bridgehead atoms. The molecule has 2 aliphatic rings. The maximum atomic E-state index is 13.2. The molecule has 1 fully saturated rings. The van der Waals surface area contributed by atoms with Crippen molar-refractivity contribution in [3.05, 3.63) is 101 Å². The van der Waals surface area contributed by atoms with Crippen LogP contribution in [-0.4, -0.2) is 37.0 Å². The summed E-state index contributed by atoms with van der Waals surface area (Å²) in [6.45, 7) is 6.96. The molecule has 39 heavy (non-hydrogen) atoms. The number of benzene rings is 3. The van der Waals surface area contributed by atoms with Crippen LogP contribution in [-0.2, 0) is 17.5 Å². The zero-order valence-corrected chi connectivity index (χ0v) is 22.2. The van der Waals surface area contributed by atoms with Crippen LogP contribution >= 0.6 is 0 Å². The first-order valence-electron chi connectivity index (χ1n) is 13.6. The molecular formula is C32H34F3N3O. The van der Waals surface area contributed by atoms with E-state index < -0.39 is 11.7 Å². The molecule has 3 aromatic rings. The van der Waals surface area contributed by atoms with Crippen molar-refractivity contribution in [2.45, 2.75) is 45.3 Å². The van der Waals surface area contributed by atoms with Gasteiger partial charge in [0.2, 0.25) is 0 Å². The fraction of sp³-hybridized carbons (Fsp3) is 0.344. The smallest absolute Gasteiger partial charge is 0.369 e. The predicted octanol–water partition coefficient (Wildman–Crippen LogP) is 7.30. The third-order valence-electron chi connectivity index (χ3n) is 7.65. The number of piperazine rings is 1. The number of halogens is 3. The highest BCUT2D eigenvalue weighted by molar-refractivity contribution is 6.09. The van der Waals surface area contributed by atoms with Gasteiger partial charge in [-0.05, 0) is 85.7 Å². The molecular weight excluding hydrogens is 499 g/mol. The molecule has 1 heterocycles. The van der Waals surface area contributed by atoms with E-state index in [9.17, 15) is 18.0 Å². The highest BCUT2D eigenvalue weighted by Crippen LogP contribution is 2.35. The van der Waals surface area contributed by atoms with Crippen molar-refractivity contribution in [1.82, 2.24) is 4.90 Å². The Kier molecular flexibility index (Phi) is 8.07. The number of carbonyl (C=O) groups excluding carboxylic acids is 1. The van der Waals surface area contributed by atoms with E-state index in [1.54, 1.807) is 0 Å².